The number of nitrogens with one attached hydrogen (secondary N) is 1. The van der Waals surface area contributed by atoms with Crippen molar-refractivity contribution in [1.29, 1.82) is 0 Å². The molecule has 0 radical (unpaired) electrons. The lowest BCUT2D eigenvalue weighted by Gasteiger charge is -2.17. The summed E-state index contributed by atoms with van der Waals surface area (Å²) >= 11 is 6.10. The van der Waals surface area contributed by atoms with Gasteiger partial charge in [0.2, 0.25) is 0 Å². The van der Waals surface area contributed by atoms with Gasteiger partial charge in [-0.05, 0) is 48.4 Å². The number of hydrogen-bond acceptors (Lipinski definition) is 4. The molecule has 1 atom stereocenters. The zero-order valence-electron chi connectivity index (χ0n) is 16.6. The van der Waals surface area contributed by atoms with E-state index in [2.05, 4.69) is 5.32 Å². The Labute approximate surface area is 181 Å². The smallest absolute Gasteiger partial charge is 0.255 e. The molecule has 5 nitrogen and oxygen atoms in total. The van der Waals surface area contributed by atoms with Crippen molar-refractivity contribution >= 4 is 27.3 Å². The molecule has 0 aliphatic rings. The Kier molecular flexibility index (Phi) is 6.80. The van der Waals surface area contributed by atoms with Gasteiger partial charge in [0.1, 0.15) is 12.4 Å². The van der Waals surface area contributed by atoms with E-state index < -0.39 is 9.84 Å². The summed E-state index contributed by atoms with van der Waals surface area (Å²) in [6.07, 6.45) is 1.16. The van der Waals surface area contributed by atoms with E-state index in [-0.39, 0.29) is 16.8 Å². The van der Waals surface area contributed by atoms with Crippen molar-refractivity contribution in [2.75, 3.05) is 6.26 Å². The van der Waals surface area contributed by atoms with Crippen LogP contribution < -0.4 is 10.1 Å². The first-order valence-corrected chi connectivity index (χ1v) is 11.6. The van der Waals surface area contributed by atoms with Crippen LogP contribution in [0.4, 0.5) is 0 Å². The van der Waals surface area contributed by atoms with Crippen molar-refractivity contribution in [2.24, 2.45) is 0 Å². The summed E-state index contributed by atoms with van der Waals surface area (Å²) < 4.78 is 29.1. The number of rotatable bonds is 7. The molecular weight excluding hydrogens is 422 g/mol. The quantitative estimate of drug-likeness (QED) is 0.568. The van der Waals surface area contributed by atoms with Crippen molar-refractivity contribution in [3.8, 4) is 5.75 Å². The fourth-order valence-electron chi connectivity index (χ4n) is 2.90. The molecular formula is C23H22ClNO4S. The van der Waals surface area contributed by atoms with Gasteiger partial charge in [-0.2, -0.15) is 0 Å². The zero-order chi connectivity index (χ0) is 21.7. The van der Waals surface area contributed by atoms with Gasteiger partial charge in [0.25, 0.3) is 5.91 Å². The van der Waals surface area contributed by atoms with Crippen molar-refractivity contribution in [3.05, 3.63) is 94.5 Å². The molecule has 0 aliphatic heterocycles. The van der Waals surface area contributed by atoms with Gasteiger partial charge in [-0.15, -0.1) is 0 Å². The Balaban J connectivity index is 1.74. The Morgan fingerprint density at radius 1 is 1.03 bits per heavy atom. The Morgan fingerprint density at radius 2 is 1.70 bits per heavy atom. The second kappa shape index (κ2) is 9.32. The summed E-state index contributed by atoms with van der Waals surface area (Å²) in [5, 5.41) is 3.34. The average molecular weight is 444 g/mol. The van der Waals surface area contributed by atoms with E-state index in [9.17, 15) is 13.2 Å². The molecule has 0 spiro atoms. The van der Waals surface area contributed by atoms with E-state index in [1.807, 2.05) is 37.3 Å². The molecule has 0 aliphatic carbocycles. The predicted molar refractivity (Wildman–Crippen MR) is 118 cm³/mol. The summed E-state index contributed by atoms with van der Waals surface area (Å²) in [7, 11) is -3.27. The van der Waals surface area contributed by atoms with Gasteiger partial charge in [-0.3, -0.25) is 4.79 Å². The first-order chi connectivity index (χ1) is 14.2. The highest BCUT2D eigenvalue weighted by Crippen LogP contribution is 2.25. The summed E-state index contributed by atoms with van der Waals surface area (Å²) in [4.78, 5) is 13.1. The molecule has 1 N–H and O–H groups in total. The third-order valence-electron chi connectivity index (χ3n) is 4.58. The number of hydrogen-bond donors (Lipinski definition) is 1. The van der Waals surface area contributed by atoms with E-state index >= 15 is 0 Å². The summed E-state index contributed by atoms with van der Waals surface area (Å²) in [6.45, 7) is 2.15. The van der Waals surface area contributed by atoms with E-state index in [0.717, 1.165) is 17.4 Å². The van der Waals surface area contributed by atoms with Crippen molar-refractivity contribution in [2.45, 2.75) is 24.5 Å². The predicted octanol–water partition coefficient (Wildman–Crippen LogP) is 4.81. The van der Waals surface area contributed by atoms with Crippen LogP contribution in [-0.2, 0) is 16.4 Å². The molecule has 0 fully saturated rings. The second-order valence-corrected chi connectivity index (χ2v) is 9.40. The van der Waals surface area contributed by atoms with Gasteiger partial charge in [0, 0.05) is 11.3 Å². The van der Waals surface area contributed by atoms with Gasteiger partial charge in [0.05, 0.1) is 16.5 Å². The number of ether oxygens (including phenoxy) is 1. The number of sulfone groups is 1. The number of benzene rings is 3. The van der Waals surface area contributed by atoms with Crippen LogP contribution in [0.5, 0.6) is 5.75 Å². The molecule has 0 unspecified atom stereocenters. The summed E-state index contributed by atoms with van der Waals surface area (Å²) in [5.41, 5.74) is 2.10. The molecule has 30 heavy (non-hydrogen) atoms. The third kappa shape index (κ3) is 5.62. The van der Waals surface area contributed by atoms with Crippen molar-refractivity contribution in [3.63, 3.8) is 0 Å². The standard InChI is InChI=1S/C23H22ClNO4S/c1-16(18-8-11-20(12-9-18)30(2,27)28)25-23(26)21-14-19(24)10-13-22(21)29-15-17-6-4-3-5-7-17/h3-14,16H,15H2,1-2H3,(H,25,26)/t16-/m1/s1. The molecule has 156 valence electrons. The maximum atomic E-state index is 12.9. The van der Waals surface area contributed by atoms with Gasteiger partial charge >= 0.3 is 0 Å². The second-order valence-electron chi connectivity index (χ2n) is 6.95. The number of amides is 1. The van der Waals surface area contributed by atoms with Crippen LogP contribution in [-0.4, -0.2) is 20.6 Å². The SMILES string of the molecule is C[C@@H](NC(=O)c1cc(Cl)ccc1OCc1ccccc1)c1ccc(S(C)(=O)=O)cc1. The van der Waals surface area contributed by atoms with Crippen LogP contribution in [0.15, 0.2) is 77.7 Å². The van der Waals surface area contributed by atoms with E-state index in [1.54, 1.807) is 30.3 Å². The highest BCUT2D eigenvalue weighted by molar-refractivity contribution is 7.90. The van der Waals surface area contributed by atoms with Crippen molar-refractivity contribution < 1.29 is 17.9 Å². The molecule has 0 heterocycles. The van der Waals surface area contributed by atoms with Gasteiger partial charge in [-0.1, -0.05) is 54.1 Å². The van der Waals surface area contributed by atoms with Crippen LogP contribution >= 0.6 is 11.6 Å². The monoisotopic (exact) mass is 443 g/mol. The number of carbonyl (C=O) groups excluding carboxylic acids is 1. The molecule has 3 rings (SSSR count). The molecule has 0 saturated carbocycles. The fourth-order valence-corrected chi connectivity index (χ4v) is 3.70. The lowest BCUT2D eigenvalue weighted by Crippen LogP contribution is -2.27. The van der Waals surface area contributed by atoms with E-state index in [1.165, 1.54) is 12.1 Å². The van der Waals surface area contributed by atoms with Crippen LogP contribution in [0.1, 0.15) is 34.5 Å². The molecule has 3 aromatic carbocycles. The Morgan fingerprint density at radius 3 is 2.33 bits per heavy atom. The van der Waals surface area contributed by atoms with Crippen LogP contribution in [0, 0.1) is 0 Å². The highest BCUT2D eigenvalue weighted by atomic mass is 35.5. The van der Waals surface area contributed by atoms with Crippen LogP contribution in [0.25, 0.3) is 0 Å². The first kappa shape index (κ1) is 21.9. The fraction of sp³-hybridized carbons (Fsp3) is 0.174. The largest absolute Gasteiger partial charge is 0.488 e. The van der Waals surface area contributed by atoms with Crippen LogP contribution in [0.2, 0.25) is 5.02 Å². The van der Waals surface area contributed by atoms with Crippen molar-refractivity contribution in [1.82, 2.24) is 5.32 Å². The van der Waals surface area contributed by atoms with Gasteiger partial charge in [-0.25, -0.2) is 8.42 Å². The lowest BCUT2D eigenvalue weighted by atomic mass is 10.1. The molecule has 0 bridgehead atoms. The molecule has 3 aromatic rings. The Bertz CT molecular complexity index is 1130. The average Bonchev–Trinajstić information content (AvgIpc) is 2.73. The molecule has 0 aromatic heterocycles. The number of carbonyl (C=O) groups is 1. The highest BCUT2D eigenvalue weighted by Gasteiger charge is 2.17. The third-order valence-corrected chi connectivity index (χ3v) is 5.94. The molecule has 1 amide bonds. The van der Waals surface area contributed by atoms with Gasteiger partial charge < -0.3 is 10.1 Å². The van der Waals surface area contributed by atoms with E-state index in [0.29, 0.717) is 22.9 Å². The summed E-state index contributed by atoms with van der Waals surface area (Å²) in [5.74, 6) is 0.0978. The minimum Gasteiger partial charge on any atom is -0.488 e. The zero-order valence-corrected chi connectivity index (χ0v) is 18.2. The minimum absolute atomic E-state index is 0.233. The normalized spacial score (nSPS) is 12.2. The Hall–Kier alpha value is -2.83. The van der Waals surface area contributed by atoms with Crippen LogP contribution in [0.3, 0.4) is 0 Å². The number of halogens is 1. The molecule has 0 saturated heterocycles. The maximum Gasteiger partial charge on any atom is 0.255 e. The first-order valence-electron chi connectivity index (χ1n) is 9.31. The maximum absolute atomic E-state index is 12.9. The minimum atomic E-state index is -3.27. The molecule has 7 heteroatoms. The van der Waals surface area contributed by atoms with Gasteiger partial charge in [0.15, 0.2) is 9.84 Å². The van der Waals surface area contributed by atoms with E-state index in [4.69, 9.17) is 16.3 Å². The summed E-state index contributed by atoms with van der Waals surface area (Å²) in [6, 6.07) is 20.7. The topological polar surface area (TPSA) is 72.5 Å². The lowest BCUT2D eigenvalue weighted by molar-refractivity contribution is 0.0935.